The number of ether oxygens (including phenoxy) is 1. The molecule has 1 atom stereocenters. The SMILES string of the molecule is C[C@H](C(=O)OCC(=O)Nc1ccc(Cl)cc1)N1C(=O)c2c(Cl)c(Cl)c(Cl)c(Cl)c2C1=O. The Hall–Kier alpha value is -2.03. The van der Waals surface area contributed by atoms with E-state index in [0.717, 1.165) is 0 Å². The van der Waals surface area contributed by atoms with Crippen LogP contribution in [0.2, 0.25) is 25.1 Å². The molecule has 0 unspecified atom stereocenters. The molecule has 0 fully saturated rings. The van der Waals surface area contributed by atoms with Crippen LogP contribution in [0.5, 0.6) is 0 Å². The second-order valence-electron chi connectivity index (χ2n) is 6.32. The highest BCUT2D eigenvalue weighted by Gasteiger charge is 2.45. The van der Waals surface area contributed by atoms with Crippen LogP contribution in [0.15, 0.2) is 24.3 Å². The van der Waals surface area contributed by atoms with E-state index >= 15 is 0 Å². The average Bonchev–Trinajstić information content (AvgIpc) is 3.00. The van der Waals surface area contributed by atoms with Crippen LogP contribution in [0.4, 0.5) is 5.69 Å². The van der Waals surface area contributed by atoms with E-state index in [-0.39, 0.29) is 31.2 Å². The molecule has 3 rings (SSSR count). The van der Waals surface area contributed by atoms with Crippen molar-refractivity contribution in [1.82, 2.24) is 4.90 Å². The third-order valence-corrected chi connectivity index (χ3v) is 6.39. The van der Waals surface area contributed by atoms with Crippen LogP contribution in [-0.4, -0.2) is 41.2 Å². The summed E-state index contributed by atoms with van der Waals surface area (Å²) in [6.45, 7) is 0.611. The minimum Gasteiger partial charge on any atom is -0.454 e. The Bertz CT molecular complexity index is 1070. The van der Waals surface area contributed by atoms with Crippen LogP contribution in [0.1, 0.15) is 27.6 Å². The van der Waals surface area contributed by atoms with E-state index in [9.17, 15) is 19.2 Å². The van der Waals surface area contributed by atoms with E-state index in [0.29, 0.717) is 15.6 Å². The van der Waals surface area contributed by atoms with Gasteiger partial charge in [-0.15, -0.1) is 0 Å². The molecule has 0 spiro atoms. The van der Waals surface area contributed by atoms with Crippen LogP contribution in [-0.2, 0) is 14.3 Å². The molecule has 0 radical (unpaired) electrons. The Morgan fingerprint density at radius 1 is 0.903 bits per heavy atom. The van der Waals surface area contributed by atoms with Gasteiger partial charge in [-0.3, -0.25) is 19.3 Å². The van der Waals surface area contributed by atoms with Crippen molar-refractivity contribution in [1.29, 1.82) is 0 Å². The number of hydrogen-bond acceptors (Lipinski definition) is 5. The first kappa shape index (κ1) is 23.6. The molecular formula is C19H11Cl5N2O5. The number of nitrogens with one attached hydrogen (secondary N) is 1. The van der Waals surface area contributed by atoms with E-state index < -0.39 is 36.3 Å². The second-order valence-corrected chi connectivity index (χ2v) is 8.27. The van der Waals surface area contributed by atoms with Gasteiger partial charge in [-0.25, -0.2) is 4.79 Å². The van der Waals surface area contributed by atoms with Gasteiger partial charge in [0.1, 0.15) is 6.04 Å². The maximum absolute atomic E-state index is 12.8. The van der Waals surface area contributed by atoms with Gasteiger partial charge in [-0.2, -0.15) is 0 Å². The average molecular weight is 525 g/mol. The van der Waals surface area contributed by atoms with Crippen LogP contribution in [0.25, 0.3) is 0 Å². The summed E-state index contributed by atoms with van der Waals surface area (Å²) in [6, 6.07) is 4.89. The van der Waals surface area contributed by atoms with Crippen LogP contribution >= 0.6 is 58.0 Å². The van der Waals surface area contributed by atoms with Gasteiger partial charge >= 0.3 is 5.97 Å². The first-order valence-corrected chi connectivity index (χ1v) is 10.4. The molecule has 1 aliphatic rings. The molecule has 0 aromatic heterocycles. The van der Waals surface area contributed by atoms with Gasteiger partial charge < -0.3 is 10.1 Å². The summed E-state index contributed by atoms with van der Waals surface area (Å²) < 4.78 is 4.94. The molecule has 31 heavy (non-hydrogen) atoms. The fourth-order valence-corrected chi connectivity index (χ4v) is 3.95. The molecule has 1 heterocycles. The third kappa shape index (κ3) is 4.47. The summed E-state index contributed by atoms with van der Waals surface area (Å²) in [6.07, 6.45) is 0. The summed E-state index contributed by atoms with van der Waals surface area (Å²) in [4.78, 5) is 50.5. The largest absolute Gasteiger partial charge is 0.454 e. The van der Waals surface area contributed by atoms with E-state index in [1.54, 1.807) is 24.3 Å². The number of imide groups is 1. The minimum atomic E-state index is -1.37. The number of benzene rings is 2. The Morgan fingerprint density at radius 2 is 1.39 bits per heavy atom. The molecular weight excluding hydrogens is 513 g/mol. The number of amides is 3. The van der Waals surface area contributed by atoms with Gasteiger partial charge in [0.05, 0.1) is 31.2 Å². The number of fused-ring (bicyclic) bond motifs is 1. The molecule has 2 aromatic rings. The van der Waals surface area contributed by atoms with Gasteiger partial charge in [0, 0.05) is 10.7 Å². The first-order valence-electron chi connectivity index (χ1n) is 8.50. The van der Waals surface area contributed by atoms with Crippen LogP contribution in [0.3, 0.4) is 0 Å². The van der Waals surface area contributed by atoms with E-state index in [4.69, 9.17) is 62.7 Å². The zero-order valence-electron chi connectivity index (χ0n) is 15.5. The Morgan fingerprint density at radius 3 is 1.87 bits per heavy atom. The van der Waals surface area contributed by atoms with Crippen molar-refractivity contribution in [2.24, 2.45) is 0 Å². The number of carbonyl (C=O) groups excluding carboxylic acids is 4. The van der Waals surface area contributed by atoms with E-state index in [2.05, 4.69) is 5.32 Å². The lowest BCUT2D eigenvalue weighted by Crippen LogP contribution is -2.44. The molecule has 0 saturated carbocycles. The van der Waals surface area contributed by atoms with Crippen molar-refractivity contribution in [3.05, 3.63) is 60.5 Å². The maximum Gasteiger partial charge on any atom is 0.329 e. The fraction of sp³-hybridized carbons (Fsp3) is 0.158. The van der Waals surface area contributed by atoms with Gasteiger partial charge in [-0.05, 0) is 31.2 Å². The molecule has 2 aromatic carbocycles. The number of rotatable bonds is 5. The second kappa shape index (κ2) is 9.22. The number of nitrogens with zero attached hydrogens (tertiary/aromatic N) is 1. The highest BCUT2D eigenvalue weighted by molar-refractivity contribution is 6.55. The number of halogens is 5. The van der Waals surface area contributed by atoms with Crippen LogP contribution < -0.4 is 5.32 Å². The van der Waals surface area contributed by atoms with Crippen molar-refractivity contribution < 1.29 is 23.9 Å². The molecule has 0 saturated heterocycles. The number of anilines is 1. The van der Waals surface area contributed by atoms with E-state index in [1.807, 2.05) is 0 Å². The summed E-state index contributed by atoms with van der Waals surface area (Å²) in [7, 11) is 0. The molecule has 162 valence electrons. The predicted octanol–water partition coefficient (Wildman–Crippen LogP) is 5.12. The normalized spacial score (nSPS) is 13.8. The van der Waals surface area contributed by atoms with Crippen LogP contribution in [0, 0.1) is 0 Å². The first-order chi connectivity index (χ1) is 14.5. The Balaban J connectivity index is 1.71. The lowest BCUT2D eigenvalue weighted by Gasteiger charge is -2.20. The zero-order chi connectivity index (χ0) is 23.0. The van der Waals surface area contributed by atoms with Gasteiger partial charge in [0.2, 0.25) is 0 Å². The Kier molecular flexibility index (Phi) is 7.03. The topological polar surface area (TPSA) is 92.8 Å². The molecule has 7 nitrogen and oxygen atoms in total. The zero-order valence-corrected chi connectivity index (χ0v) is 19.3. The quantitative estimate of drug-likeness (QED) is 0.254. The third-order valence-electron chi connectivity index (χ3n) is 4.33. The van der Waals surface area contributed by atoms with Gasteiger partial charge in [0.15, 0.2) is 6.61 Å². The lowest BCUT2D eigenvalue weighted by molar-refractivity contribution is -0.150. The fourth-order valence-electron chi connectivity index (χ4n) is 2.81. The summed E-state index contributed by atoms with van der Waals surface area (Å²) in [5.41, 5.74) is -0.0747. The smallest absolute Gasteiger partial charge is 0.329 e. The summed E-state index contributed by atoms with van der Waals surface area (Å²) >= 11 is 29.8. The van der Waals surface area contributed by atoms with Crippen molar-refractivity contribution in [2.45, 2.75) is 13.0 Å². The van der Waals surface area contributed by atoms with Crippen molar-refractivity contribution in [2.75, 3.05) is 11.9 Å². The maximum atomic E-state index is 12.8. The monoisotopic (exact) mass is 522 g/mol. The molecule has 1 aliphatic heterocycles. The Labute approximate surface area is 201 Å². The molecule has 0 aliphatic carbocycles. The molecule has 3 amide bonds. The summed E-state index contributed by atoms with van der Waals surface area (Å²) in [5, 5.41) is 2.10. The summed E-state index contributed by atoms with van der Waals surface area (Å²) in [5.74, 6) is -3.40. The van der Waals surface area contributed by atoms with Crippen molar-refractivity contribution in [3.63, 3.8) is 0 Å². The highest BCUT2D eigenvalue weighted by Crippen LogP contribution is 2.45. The lowest BCUT2D eigenvalue weighted by atomic mass is 10.1. The number of esters is 1. The number of carbonyl (C=O) groups is 4. The predicted molar refractivity (Wildman–Crippen MR) is 117 cm³/mol. The molecule has 0 bridgehead atoms. The molecule has 1 N–H and O–H groups in total. The number of hydrogen-bond donors (Lipinski definition) is 1. The molecule has 12 heteroatoms. The minimum absolute atomic E-state index is 0.191. The standard InChI is InChI=1S/C19H11Cl5N2O5/c1-7(19(30)31-6-10(27)25-9-4-2-8(20)3-5-9)26-17(28)11-12(18(26)29)14(22)16(24)15(23)13(11)21/h2-5,7H,6H2,1H3,(H,25,27)/t7-/m1/s1. The van der Waals surface area contributed by atoms with E-state index in [1.165, 1.54) is 6.92 Å². The van der Waals surface area contributed by atoms with Crippen molar-refractivity contribution >= 4 is 87.4 Å². The van der Waals surface area contributed by atoms with Gasteiger partial charge in [0.25, 0.3) is 17.7 Å². The van der Waals surface area contributed by atoms with Crippen molar-refractivity contribution in [3.8, 4) is 0 Å². The van der Waals surface area contributed by atoms with Gasteiger partial charge in [-0.1, -0.05) is 58.0 Å². The highest BCUT2D eigenvalue weighted by atomic mass is 35.5.